The molecular weight excluding hydrogens is 340 g/mol. The zero-order valence-corrected chi connectivity index (χ0v) is 15.3. The van der Waals surface area contributed by atoms with E-state index in [2.05, 4.69) is 16.8 Å². The van der Waals surface area contributed by atoms with Gasteiger partial charge in [-0.15, -0.1) is 0 Å². The van der Waals surface area contributed by atoms with E-state index >= 15 is 0 Å². The highest BCUT2D eigenvalue weighted by atomic mass is 16.5. The summed E-state index contributed by atoms with van der Waals surface area (Å²) >= 11 is 0. The van der Waals surface area contributed by atoms with Gasteiger partial charge in [0.2, 0.25) is 0 Å². The van der Waals surface area contributed by atoms with Crippen molar-refractivity contribution in [2.75, 3.05) is 13.7 Å². The molecule has 0 aliphatic rings. The summed E-state index contributed by atoms with van der Waals surface area (Å²) in [4.78, 5) is 4.12. The molecule has 0 radical (unpaired) electrons. The van der Waals surface area contributed by atoms with E-state index in [1.165, 1.54) is 0 Å². The van der Waals surface area contributed by atoms with Gasteiger partial charge < -0.3 is 19.5 Å². The van der Waals surface area contributed by atoms with E-state index in [4.69, 9.17) is 4.74 Å². The van der Waals surface area contributed by atoms with Crippen LogP contribution in [0.1, 0.15) is 30.5 Å². The summed E-state index contributed by atoms with van der Waals surface area (Å²) in [7, 11) is 1.65. The van der Waals surface area contributed by atoms with E-state index in [0.717, 1.165) is 22.4 Å². The van der Waals surface area contributed by atoms with Crippen LogP contribution >= 0.6 is 0 Å². The first-order valence-corrected chi connectivity index (χ1v) is 8.70. The normalized spacial score (nSPS) is 12.7. The van der Waals surface area contributed by atoms with Gasteiger partial charge in [-0.1, -0.05) is 36.1 Å². The second kappa shape index (κ2) is 8.54. The number of aliphatic hydroxyl groups excluding tert-OH is 2. The number of methoxy groups -OCH3 is 1. The van der Waals surface area contributed by atoms with E-state index in [9.17, 15) is 10.2 Å². The summed E-state index contributed by atoms with van der Waals surface area (Å²) in [6, 6.07) is 15.3. The van der Waals surface area contributed by atoms with Crippen LogP contribution in [-0.2, 0) is 0 Å². The molecule has 5 heteroatoms. The maximum Gasteiger partial charge on any atom is 0.138 e. The second-order valence-corrected chi connectivity index (χ2v) is 6.14. The van der Waals surface area contributed by atoms with Crippen molar-refractivity contribution < 1.29 is 14.9 Å². The Morgan fingerprint density at radius 3 is 2.26 bits per heavy atom. The minimum Gasteiger partial charge on any atom is -0.497 e. The van der Waals surface area contributed by atoms with Crippen LogP contribution < -0.4 is 4.74 Å². The van der Waals surface area contributed by atoms with Crippen molar-refractivity contribution in [3.05, 3.63) is 72.3 Å². The van der Waals surface area contributed by atoms with Gasteiger partial charge in [-0.2, -0.15) is 0 Å². The Morgan fingerprint density at radius 1 is 1.07 bits per heavy atom. The van der Waals surface area contributed by atoms with Crippen molar-refractivity contribution in [2.45, 2.75) is 19.1 Å². The van der Waals surface area contributed by atoms with Gasteiger partial charge in [-0.05, 0) is 42.3 Å². The number of imidazole rings is 1. The third kappa shape index (κ3) is 4.37. The molecule has 1 aromatic heterocycles. The number of nitrogens with zero attached hydrogens (tertiary/aromatic N) is 2. The van der Waals surface area contributed by atoms with Crippen molar-refractivity contribution in [3.8, 4) is 28.7 Å². The topological polar surface area (TPSA) is 67.5 Å². The average Bonchev–Trinajstić information content (AvgIpc) is 3.19. The predicted octanol–water partition coefficient (Wildman–Crippen LogP) is 3.20. The summed E-state index contributed by atoms with van der Waals surface area (Å²) in [5.41, 5.74) is 3.04. The summed E-state index contributed by atoms with van der Waals surface area (Å²) < 4.78 is 6.88. The van der Waals surface area contributed by atoms with E-state index in [-0.39, 0.29) is 6.61 Å². The fraction of sp³-hybridized carbons (Fsp3) is 0.227. The van der Waals surface area contributed by atoms with Gasteiger partial charge in [0, 0.05) is 18.0 Å². The molecule has 5 nitrogen and oxygen atoms in total. The lowest BCUT2D eigenvalue weighted by molar-refractivity contribution is 0.176. The maximum absolute atomic E-state index is 9.77. The summed E-state index contributed by atoms with van der Waals surface area (Å²) in [6.45, 7) is 1.48. The molecule has 0 amide bonds. The fourth-order valence-corrected chi connectivity index (χ4v) is 2.81. The number of hydrogen-bond acceptors (Lipinski definition) is 4. The van der Waals surface area contributed by atoms with Gasteiger partial charge in [0.1, 0.15) is 23.7 Å². The summed E-state index contributed by atoms with van der Waals surface area (Å²) in [6.07, 6.45) is 2.58. The van der Waals surface area contributed by atoms with Crippen molar-refractivity contribution >= 4 is 0 Å². The lowest BCUT2D eigenvalue weighted by Crippen LogP contribution is -2.15. The molecule has 0 saturated heterocycles. The van der Waals surface area contributed by atoms with E-state index < -0.39 is 12.1 Å². The highest BCUT2D eigenvalue weighted by Gasteiger charge is 2.14. The highest BCUT2D eigenvalue weighted by Crippen LogP contribution is 2.22. The molecule has 1 heterocycles. The quantitative estimate of drug-likeness (QED) is 0.684. The number of aromatic nitrogens is 2. The molecule has 0 saturated carbocycles. The molecule has 3 rings (SSSR count). The minimum absolute atomic E-state index is 0.160. The van der Waals surface area contributed by atoms with Crippen LogP contribution in [0.25, 0.3) is 11.1 Å². The molecule has 0 unspecified atom stereocenters. The SMILES string of the molecule is COc1ccc(-c2ccc(C#C[C@@H](CO)n3ccnc3[C@H](C)O)cc2)cc1. The number of hydrogen-bond donors (Lipinski definition) is 2. The van der Waals surface area contributed by atoms with Crippen molar-refractivity contribution in [2.24, 2.45) is 0 Å². The smallest absolute Gasteiger partial charge is 0.138 e. The molecule has 3 aromatic rings. The van der Waals surface area contributed by atoms with E-state index in [1.54, 1.807) is 31.0 Å². The molecule has 2 aromatic carbocycles. The molecular formula is C22H22N2O3. The molecule has 2 atom stereocenters. The Balaban J connectivity index is 1.78. The Bertz CT molecular complexity index is 932. The first-order chi connectivity index (χ1) is 13.1. The third-order valence-corrected chi connectivity index (χ3v) is 4.27. The van der Waals surface area contributed by atoms with Crippen LogP contribution in [0.4, 0.5) is 0 Å². The Labute approximate surface area is 158 Å². The van der Waals surface area contributed by atoms with Crippen LogP contribution in [0.3, 0.4) is 0 Å². The highest BCUT2D eigenvalue weighted by molar-refractivity contribution is 5.65. The van der Waals surface area contributed by atoms with Gasteiger partial charge in [0.25, 0.3) is 0 Å². The van der Waals surface area contributed by atoms with Gasteiger partial charge >= 0.3 is 0 Å². The van der Waals surface area contributed by atoms with Crippen LogP contribution in [0.15, 0.2) is 60.9 Å². The maximum atomic E-state index is 9.77. The molecule has 0 fully saturated rings. The monoisotopic (exact) mass is 362 g/mol. The molecule has 0 spiro atoms. The molecule has 0 aliphatic carbocycles. The lowest BCUT2D eigenvalue weighted by atomic mass is 10.0. The molecule has 0 aliphatic heterocycles. The molecule has 2 N–H and O–H groups in total. The first kappa shape index (κ1) is 18.7. The number of rotatable bonds is 5. The Hall–Kier alpha value is -3.07. The van der Waals surface area contributed by atoms with Crippen molar-refractivity contribution in [3.63, 3.8) is 0 Å². The zero-order chi connectivity index (χ0) is 19.2. The molecule has 27 heavy (non-hydrogen) atoms. The standard InChI is InChI=1S/C22H22N2O3/c1-16(26)22-23-13-14-24(22)20(15-25)10-5-17-3-6-18(7-4-17)19-8-11-21(27-2)12-9-19/h3-4,6-9,11-14,16,20,25-26H,15H2,1-2H3/t16-,20-/m0/s1. The van der Waals surface area contributed by atoms with Gasteiger partial charge in [-0.3, -0.25) is 0 Å². The predicted molar refractivity (Wildman–Crippen MR) is 104 cm³/mol. The Morgan fingerprint density at radius 2 is 1.70 bits per heavy atom. The summed E-state index contributed by atoms with van der Waals surface area (Å²) in [5, 5.41) is 19.4. The van der Waals surface area contributed by atoms with Crippen LogP contribution in [0.5, 0.6) is 5.75 Å². The largest absolute Gasteiger partial charge is 0.497 e. The number of ether oxygens (including phenoxy) is 1. The average molecular weight is 362 g/mol. The number of benzene rings is 2. The van der Waals surface area contributed by atoms with Crippen molar-refractivity contribution in [1.29, 1.82) is 0 Å². The Kier molecular flexibility index (Phi) is 5.92. The van der Waals surface area contributed by atoms with Crippen LogP contribution in [0, 0.1) is 11.8 Å². The van der Waals surface area contributed by atoms with E-state index in [1.807, 2.05) is 48.5 Å². The van der Waals surface area contributed by atoms with Crippen molar-refractivity contribution in [1.82, 2.24) is 9.55 Å². The second-order valence-electron chi connectivity index (χ2n) is 6.14. The summed E-state index contributed by atoms with van der Waals surface area (Å²) in [5.74, 6) is 7.45. The van der Waals surface area contributed by atoms with E-state index in [0.29, 0.717) is 5.82 Å². The lowest BCUT2D eigenvalue weighted by Gasteiger charge is -2.14. The van der Waals surface area contributed by atoms with Gasteiger partial charge in [0.05, 0.1) is 13.7 Å². The van der Waals surface area contributed by atoms with Crippen LogP contribution in [0.2, 0.25) is 0 Å². The zero-order valence-electron chi connectivity index (χ0n) is 15.3. The van der Waals surface area contributed by atoms with Gasteiger partial charge in [0.15, 0.2) is 0 Å². The molecule has 0 bridgehead atoms. The third-order valence-electron chi connectivity index (χ3n) is 4.27. The minimum atomic E-state index is -0.723. The first-order valence-electron chi connectivity index (χ1n) is 8.70. The molecule has 138 valence electrons. The van der Waals surface area contributed by atoms with Crippen LogP contribution in [-0.4, -0.2) is 33.5 Å². The number of aliphatic hydroxyl groups is 2. The fourth-order valence-electron chi connectivity index (χ4n) is 2.81. The van der Waals surface area contributed by atoms with Gasteiger partial charge in [-0.25, -0.2) is 4.98 Å².